The maximum Gasteiger partial charge on any atom is 0.241 e. The number of rotatable bonds is 5. The monoisotopic (exact) mass is 207 g/mol. The van der Waals surface area contributed by atoms with E-state index in [2.05, 4.69) is 0 Å². The van der Waals surface area contributed by atoms with Gasteiger partial charge < -0.3 is 15.6 Å². The van der Waals surface area contributed by atoms with E-state index in [0.29, 0.717) is 5.75 Å². The van der Waals surface area contributed by atoms with Gasteiger partial charge in [-0.15, -0.1) is 0 Å². The van der Waals surface area contributed by atoms with Crippen LogP contribution in [0, 0.1) is 0 Å². The molecule has 0 atom stereocenters. The molecule has 0 radical (unpaired) electrons. The van der Waals surface area contributed by atoms with Gasteiger partial charge in [-0.1, -0.05) is 12.1 Å². The van der Waals surface area contributed by atoms with Crippen molar-refractivity contribution < 1.29 is 14.6 Å². The molecule has 0 bridgehead atoms. The van der Waals surface area contributed by atoms with Gasteiger partial charge in [-0.25, -0.2) is 0 Å². The van der Waals surface area contributed by atoms with E-state index in [4.69, 9.17) is 15.6 Å². The van der Waals surface area contributed by atoms with E-state index in [1.165, 1.54) is 6.08 Å². The lowest BCUT2D eigenvalue weighted by Crippen LogP contribution is -2.05. The highest BCUT2D eigenvalue weighted by molar-refractivity contribution is 5.90. The Morgan fingerprint density at radius 3 is 2.60 bits per heavy atom. The Morgan fingerprint density at radius 1 is 1.40 bits per heavy atom. The van der Waals surface area contributed by atoms with Crippen molar-refractivity contribution in [1.29, 1.82) is 0 Å². The van der Waals surface area contributed by atoms with E-state index in [0.717, 1.165) is 5.56 Å². The molecule has 0 saturated carbocycles. The number of aliphatic hydroxyl groups is 1. The summed E-state index contributed by atoms with van der Waals surface area (Å²) < 4.78 is 5.17. The maximum atomic E-state index is 10.5. The third-order valence-corrected chi connectivity index (χ3v) is 1.68. The highest BCUT2D eigenvalue weighted by atomic mass is 16.5. The highest BCUT2D eigenvalue weighted by Gasteiger charge is 1.92. The van der Waals surface area contributed by atoms with Crippen LogP contribution >= 0.6 is 0 Å². The largest absolute Gasteiger partial charge is 0.491 e. The molecule has 15 heavy (non-hydrogen) atoms. The van der Waals surface area contributed by atoms with E-state index in [1.54, 1.807) is 30.3 Å². The summed E-state index contributed by atoms with van der Waals surface area (Å²) in [6.45, 7) is 0.264. The van der Waals surface area contributed by atoms with Crippen LogP contribution in [0.15, 0.2) is 30.3 Å². The van der Waals surface area contributed by atoms with Crippen molar-refractivity contribution in [2.24, 2.45) is 5.73 Å². The molecular formula is C11H13NO3. The number of primary amides is 1. The summed E-state index contributed by atoms with van der Waals surface area (Å²) in [6, 6.07) is 7.12. The second-order valence-electron chi connectivity index (χ2n) is 2.88. The maximum absolute atomic E-state index is 10.5. The Balaban J connectivity index is 2.60. The lowest BCUT2D eigenvalue weighted by atomic mass is 10.2. The minimum absolute atomic E-state index is 0.0106. The first-order valence-corrected chi connectivity index (χ1v) is 4.53. The SMILES string of the molecule is NC(=O)/C=C/c1ccc(OCCO)cc1. The molecular weight excluding hydrogens is 194 g/mol. The molecule has 4 nitrogen and oxygen atoms in total. The number of hydrogen-bond donors (Lipinski definition) is 2. The van der Waals surface area contributed by atoms with Crippen LogP contribution in [-0.4, -0.2) is 24.2 Å². The van der Waals surface area contributed by atoms with Crippen LogP contribution in [0.2, 0.25) is 0 Å². The van der Waals surface area contributed by atoms with E-state index in [1.807, 2.05) is 0 Å². The van der Waals surface area contributed by atoms with Gasteiger partial charge in [0.1, 0.15) is 12.4 Å². The Hall–Kier alpha value is -1.81. The topological polar surface area (TPSA) is 72.6 Å². The molecule has 0 aliphatic rings. The number of aliphatic hydroxyl groups excluding tert-OH is 1. The average Bonchev–Trinajstić information content (AvgIpc) is 2.25. The Labute approximate surface area is 88.0 Å². The fourth-order valence-corrected chi connectivity index (χ4v) is 1.02. The molecule has 0 heterocycles. The van der Waals surface area contributed by atoms with Crippen LogP contribution in [0.5, 0.6) is 5.75 Å². The minimum Gasteiger partial charge on any atom is -0.491 e. The summed E-state index contributed by atoms with van der Waals surface area (Å²) >= 11 is 0. The Morgan fingerprint density at radius 2 is 2.07 bits per heavy atom. The quantitative estimate of drug-likeness (QED) is 0.693. The lowest BCUT2D eigenvalue weighted by Gasteiger charge is -2.03. The van der Waals surface area contributed by atoms with Gasteiger partial charge in [0.15, 0.2) is 0 Å². The molecule has 0 aliphatic heterocycles. The van der Waals surface area contributed by atoms with Gasteiger partial charge in [-0.05, 0) is 23.8 Å². The summed E-state index contributed by atoms with van der Waals surface area (Å²) in [5.41, 5.74) is 5.82. The smallest absolute Gasteiger partial charge is 0.241 e. The van der Waals surface area contributed by atoms with Crippen LogP contribution < -0.4 is 10.5 Å². The number of benzene rings is 1. The average molecular weight is 207 g/mol. The number of nitrogens with two attached hydrogens (primary N) is 1. The summed E-state index contributed by atoms with van der Waals surface area (Å²) in [5.74, 6) is 0.205. The number of hydrogen-bond acceptors (Lipinski definition) is 3. The number of amides is 1. The van der Waals surface area contributed by atoms with Crippen LogP contribution in [0.3, 0.4) is 0 Å². The van der Waals surface area contributed by atoms with E-state index in [9.17, 15) is 4.79 Å². The molecule has 3 N–H and O–H groups in total. The van der Waals surface area contributed by atoms with E-state index >= 15 is 0 Å². The predicted molar refractivity (Wildman–Crippen MR) is 57.3 cm³/mol. The zero-order chi connectivity index (χ0) is 11.1. The molecule has 0 spiro atoms. The predicted octanol–water partition coefficient (Wildman–Crippen LogP) is 0.556. The second kappa shape index (κ2) is 5.82. The molecule has 1 aromatic rings. The first kappa shape index (κ1) is 11.3. The number of carbonyl (C=O) groups excluding carboxylic acids is 1. The van der Waals surface area contributed by atoms with Crippen molar-refractivity contribution in [1.82, 2.24) is 0 Å². The second-order valence-corrected chi connectivity index (χ2v) is 2.88. The van der Waals surface area contributed by atoms with Crippen molar-refractivity contribution in [3.8, 4) is 5.75 Å². The fraction of sp³-hybridized carbons (Fsp3) is 0.182. The molecule has 0 fully saturated rings. The third kappa shape index (κ3) is 4.28. The molecule has 1 aromatic carbocycles. The third-order valence-electron chi connectivity index (χ3n) is 1.68. The van der Waals surface area contributed by atoms with Gasteiger partial charge in [-0.2, -0.15) is 0 Å². The minimum atomic E-state index is -0.476. The van der Waals surface area contributed by atoms with Crippen LogP contribution in [-0.2, 0) is 4.79 Å². The van der Waals surface area contributed by atoms with Gasteiger partial charge in [0.05, 0.1) is 6.61 Å². The Bertz CT molecular complexity index is 343. The molecule has 80 valence electrons. The zero-order valence-electron chi connectivity index (χ0n) is 8.22. The van der Waals surface area contributed by atoms with Crippen LogP contribution in [0.25, 0.3) is 6.08 Å². The molecule has 0 unspecified atom stereocenters. The van der Waals surface area contributed by atoms with E-state index in [-0.39, 0.29) is 13.2 Å². The molecule has 1 amide bonds. The molecule has 0 aromatic heterocycles. The van der Waals surface area contributed by atoms with Crippen molar-refractivity contribution in [3.63, 3.8) is 0 Å². The van der Waals surface area contributed by atoms with Gasteiger partial charge in [0, 0.05) is 6.08 Å². The first-order chi connectivity index (χ1) is 7.22. The number of ether oxygens (including phenoxy) is 1. The summed E-state index contributed by atoms with van der Waals surface area (Å²) in [7, 11) is 0. The molecule has 1 rings (SSSR count). The normalized spacial score (nSPS) is 10.5. The summed E-state index contributed by atoms with van der Waals surface area (Å²) in [6.07, 6.45) is 2.92. The van der Waals surface area contributed by atoms with Gasteiger partial charge >= 0.3 is 0 Å². The van der Waals surface area contributed by atoms with Crippen molar-refractivity contribution in [2.75, 3.05) is 13.2 Å². The molecule has 4 heteroatoms. The van der Waals surface area contributed by atoms with Crippen molar-refractivity contribution in [3.05, 3.63) is 35.9 Å². The summed E-state index contributed by atoms with van der Waals surface area (Å²) in [5, 5.41) is 8.54. The summed E-state index contributed by atoms with van der Waals surface area (Å²) in [4.78, 5) is 10.5. The van der Waals surface area contributed by atoms with Gasteiger partial charge in [0.25, 0.3) is 0 Å². The van der Waals surface area contributed by atoms with E-state index < -0.39 is 5.91 Å². The fourth-order valence-electron chi connectivity index (χ4n) is 1.02. The molecule has 0 saturated heterocycles. The van der Waals surface area contributed by atoms with Crippen molar-refractivity contribution in [2.45, 2.75) is 0 Å². The lowest BCUT2D eigenvalue weighted by molar-refractivity contribution is -0.113. The highest BCUT2D eigenvalue weighted by Crippen LogP contribution is 2.12. The molecule has 0 aliphatic carbocycles. The van der Waals surface area contributed by atoms with Gasteiger partial charge in [0.2, 0.25) is 5.91 Å². The first-order valence-electron chi connectivity index (χ1n) is 4.53. The van der Waals surface area contributed by atoms with Crippen LogP contribution in [0.4, 0.5) is 0 Å². The van der Waals surface area contributed by atoms with Crippen molar-refractivity contribution >= 4 is 12.0 Å². The van der Waals surface area contributed by atoms with Crippen LogP contribution in [0.1, 0.15) is 5.56 Å². The Kier molecular flexibility index (Phi) is 4.37. The van der Waals surface area contributed by atoms with Gasteiger partial charge in [-0.3, -0.25) is 4.79 Å². The zero-order valence-corrected chi connectivity index (χ0v) is 8.22. The number of carbonyl (C=O) groups is 1. The standard InChI is InChI=1S/C11H13NO3/c12-11(14)6-3-9-1-4-10(5-2-9)15-8-7-13/h1-6,13H,7-8H2,(H2,12,14)/b6-3+.